The zero-order valence-corrected chi connectivity index (χ0v) is 16.2. The van der Waals surface area contributed by atoms with Crippen molar-refractivity contribution in [2.75, 3.05) is 13.1 Å². The van der Waals surface area contributed by atoms with Gasteiger partial charge in [-0.25, -0.2) is 12.8 Å². The monoisotopic (exact) mass is 422 g/mol. The van der Waals surface area contributed by atoms with Crippen LogP contribution in [0.3, 0.4) is 0 Å². The fourth-order valence-electron chi connectivity index (χ4n) is 3.08. The minimum absolute atomic E-state index is 0.0302. The van der Waals surface area contributed by atoms with E-state index in [1.165, 1.54) is 0 Å². The summed E-state index contributed by atoms with van der Waals surface area (Å²) in [7, 11) is -3.75. The minimum Gasteiger partial charge on any atom is -0.334 e. The smallest absolute Gasteiger partial charge is 0.258 e. The lowest BCUT2D eigenvalue weighted by molar-refractivity contribution is 0.164. The molecule has 0 amide bonds. The Balaban J connectivity index is 1.53. The molecular formula is C18H16ClFN4O3S. The van der Waals surface area contributed by atoms with Crippen LogP contribution in [0.5, 0.6) is 0 Å². The molecule has 0 spiro atoms. The summed E-state index contributed by atoms with van der Waals surface area (Å²) < 4.78 is 47.2. The van der Waals surface area contributed by atoms with Gasteiger partial charge in [-0.05, 0) is 23.8 Å². The first kappa shape index (κ1) is 19.0. The second-order valence-corrected chi connectivity index (χ2v) is 8.93. The van der Waals surface area contributed by atoms with E-state index in [1.807, 2.05) is 0 Å². The van der Waals surface area contributed by atoms with Crippen LogP contribution >= 0.6 is 11.6 Å². The molecule has 0 bridgehead atoms. The number of hydrogen-bond donors (Lipinski definition) is 0. The van der Waals surface area contributed by atoms with Crippen LogP contribution in [0.15, 0.2) is 53.3 Å². The van der Waals surface area contributed by atoms with E-state index >= 15 is 4.39 Å². The van der Waals surface area contributed by atoms with E-state index in [9.17, 15) is 8.42 Å². The Hall–Kier alpha value is -2.36. The second-order valence-electron chi connectivity index (χ2n) is 6.56. The molecule has 3 aromatic rings. The van der Waals surface area contributed by atoms with Crippen molar-refractivity contribution in [1.82, 2.24) is 19.4 Å². The van der Waals surface area contributed by atoms with Gasteiger partial charge in [0, 0.05) is 35.9 Å². The highest BCUT2D eigenvalue weighted by atomic mass is 35.5. The lowest BCUT2D eigenvalue weighted by Crippen LogP contribution is -2.33. The molecule has 146 valence electrons. The zero-order valence-electron chi connectivity index (χ0n) is 14.6. The lowest BCUT2D eigenvalue weighted by atomic mass is 10.1. The number of benzene rings is 1. The van der Waals surface area contributed by atoms with Crippen molar-refractivity contribution in [2.24, 2.45) is 0 Å². The number of halogens is 2. The van der Waals surface area contributed by atoms with Crippen LogP contribution in [0.1, 0.15) is 17.8 Å². The number of rotatable bonds is 5. The van der Waals surface area contributed by atoms with Gasteiger partial charge in [-0.15, -0.1) is 0 Å². The van der Waals surface area contributed by atoms with Crippen molar-refractivity contribution >= 4 is 21.6 Å². The highest BCUT2D eigenvalue weighted by molar-refractivity contribution is 7.88. The number of pyridine rings is 1. The summed E-state index contributed by atoms with van der Waals surface area (Å²) in [5.74, 6) is -0.293. The molecule has 1 aromatic carbocycles. The van der Waals surface area contributed by atoms with Gasteiger partial charge in [0.1, 0.15) is 0 Å². The summed E-state index contributed by atoms with van der Waals surface area (Å²) >= 11 is 6.06. The van der Waals surface area contributed by atoms with Gasteiger partial charge in [-0.2, -0.15) is 9.29 Å². The predicted octanol–water partition coefficient (Wildman–Crippen LogP) is 3.19. The predicted molar refractivity (Wildman–Crippen MR) is 101 cm³/mol. The zero-order chi connectivity index (χ0) is 19.8. The number of sulfonamides is 1. The molecule has 0 N–H and O–H groups in total. The molecule has 10 heteroatoms. The van der Waals surface area contributed by atoms with Crippen LogP contribution in [0.4, 0.5) is 4.39 Å². The van der Waals surface area contributed by atoms with Crippen molar-refractivity contribution in [3.8, 4) is 11.5 Å². The van der Waals surface area contributed by atoms with E-state index in [-0.39, 0.29) is 37.0 Å². The summed E-state index contributed by atoms with van der Waals surface area (Å²) in [5, 5.41) is 4.10. The minimum atomic E-state index is -3.75. The maximum absolute atomic E-state index is 15.4. The molecule has 1 unspecified atom stereocenters. The lowest BCUT2D eigenvalue weighted by Gasteiger charge is -2.18. The Morgan fingerprint density at radius 1 is 1.21 bits per heavy atom. The molecule has 0 radical (unpaired) electrons. The molecule has 4 rings (SSSR count). The Kier molecular flexibility index (Phi) is 4.90. The highest BCUT2D eigenvalue weighted by Gasteiger charge is 2.47. The standard InChI is InChI=1S/C18H16ClFN4O3S/c19-15-4-2-1-3-14(15)11-28(25,26)24-10-7-18(20,12-24)17-22-16(27-23-17)13-5-8-21-9-6-13/h1-6,8-9H,7,10-12H2. The Bertz CT molecular complexity index is 1090. The summed E-state index contributed by atoms with van der Waals surface area (Å²) in [5.41, 5.74) is -0.930. The summed E-state index contributed by atoms with van der Waals surface area (Å²) in [6, 6.07) is 10.0. The fourth-order valence-corrected chi connectivity index (χ4v) is 4.96. The molecule has 1 aliphatic rings. The van der Waals surface area contributed by atoms with E-state index in [0.717, 1.165) is 4.31 Å². The average molecular weight is 423 g/mol. The molecule has 28 heavy (non-hydrogen) atoms. The third-order valence-electron chi connectivity index (χ3n) is 4.63. The van der Waals surface area contributed by atoms with Crippen LogP contribution < -0.4 is 0 Å². The second kappa shape index (κ2) is 7.23. The molecule has 3 heterocycles. The molecule has 2 aromatic heterocycles. The van der Waals surface area contributed by atoms with Crippen molar-refractivity contribution < 1.29 is 17.3 Å². The summed E-state index contributed by atoms with van der Waals surface area (Å²) in [6.45, 7) is -0.336. The van der Waals surface area contributed by atoms with Gasteiger partial charge in [0.2, 0.25) is 15.8 Å². The van der Waals surface area contributed by atoms with Gasteiger partial charge >= 0.3 is 0 Å². The van der Waals surface area contributed by atoms with Crippen molar-refractivity contribution in [1.29, 1.82) is 0 Å². The van der Waals surface area contributed by atoms with Crippen molar-refractivity contribution in [2.45, 2.75) is 17.8 Å². The maximum atomic E-state index is 15.4. The Morgan fingerprint density at radius 2 is 1.96 bits per heavy atom. The molecular weight excluding hydrogens is 407 g/mol. The first-order chi connectivity index (χ1) is 13.4. The summed E-state index contributed by atoms with van der Waals surface area (Å²) in [4.78, 5) is 8.03. The van der Waals surface area contributed by atoms with E-state index < -0.39 is 15.7 Å². The van der Waals surface area contributed by atoms with Gasteiger partial charge < -0.3 is 4.52 Å². The van der Waals surface area contributed by atoms with Gasteiger partial charge in [0.05, 0.1) is 12.3 Å². The molecule has 1 saturated heterocycles. The third kappa shape index (κ3) is 3.65. The number of nitrogens with zero attached hydrogens (tertiary/aromatic N) is 4. The largest absolute Gasteiger partial charge is 0.334 e. The average Bonchev–Trinajstić information content (AvgIpc) is 3.33. The van der Waals surface area contributed by atoms with E-state index in [4.69, 9.17) is 16.1 Å². The van der Waals surface area contributed by atoms with Crippen LogP contribution in [0, 0.1) is 0 Å². The molecule has 0 aliphatic carbocycles. The van der Waals surface area contributed by atoms with Crippen LogP contribution in [-0.4, -0.2) is 40.9 Å². The van der Waals surface area contributed by atoms with Gasteiger partial charge in [-0.1, -0.05) is 35.0 Å². The maximum Gasteiger partial charge on any atom is 0.258 e. The van der Waals surface area contributed by atoms with E-state index in [0.29, 0.717) is 16.1 Å². The molecule has 1 fully saturated rings. The molecule has 1 atom stereocenters. The number of aromatic nitrogens is 3. The van der Waals surface area contributed by atoms with Gasteiger partial charge in [-0.3, -0.25) is 4.98 Å². The van der Waals surface area contributed by atoms with E-state index in [2.05, 4.69) is 15.1 Å². The molecule has 1 aliphatic heterocycles. The first-order valence-electron chi connectivity index (χ1n) is 8.52. The Labute approximate surface area is 166 Å². The highest BCUT2D eigenvalue weighted by Crippen LogP contribution is 2.37. The van der Waals surface area contributed by atoms with Crippen LogP contribution in [-0.2, 0) is 21.4 Å². The third-order valence-corrected chi connectivity index (χ3v) is 6.77. The van der Waals surface area contributed by atoms with Gasteiger partial charge in [0.15, 0.2) is 5.67 Å². The first-order valence-corrected chi connectivity index (χ1v) is 10.5. The fraction of sp³-hybridized carbons (Fsp3) is 0.278. The SMILES string of the molecule is O=S(=O)(Cc1ccccc1Cl)N1CCC(F)(c2noc(-c3ccncc3)n2)C1. The van der Waals surface area contributed by atoms with Gasteiger partial charge in [0.25, 0.3) is 5.89 Å². The Morgan fingerprint density at radius 3 is 2.71 bits per heavy atom. The topological polar surface area (TPSA) is 89.2 Å². The number of alkyl halides is 1. The van der Waals surface area contributed by atoms with Crippen molar-refractivity contribution in [3.63, 3.8) is 0 Å². The molecule has 0 saturated carbocycles. The summed E-state index contributed by atoms with van der Waals surface area (Å²) in [6.07, 6.45) is 3.07. The normalized spacial score (nSPS) is 20.5. The number of hydrogen-bond acceptors (Lipinski definition) is 6. The van der Waals surface area contributed by atoms with E-state index in [1.54, 1.807) is 48.8 Å². The quantitative estimate of drug-likeness (QED) is 0.627. The van der Waals surface area contributed by atoms with Crippen LogP contribution in [0.2, 0.25) is 5.02 Å². The molecule has 7 nitrogen and oxygen atoms in total. The van der Waals surface area contributed by atoms with Crippen LogP contribution in [0.25, 0.3) is 11.5 Å². The van der Waals surface area contributed by atoms with Crippen molar-refractivity contribution in [3.05, 3.63) is 65.2 Å².